The highest BCUT2D eigenvalue weighted by Gasteiger charge is 2.20. The summed E-state index contributed by atoms with van der Waals surface area (Å²) < 4.78 is 2.69. The first kappa shape index (κ1) is 18.6. The molecular weight excluding hydrogens is 392 g/mol. The number of fused-ring (bicyclic) bond motifs is 1. The van der Waals surface area contributed by atoms with Gasteiger partial charge in [0.05, 0.1) is 21.2 Å². The summed E-state index contributed by atoms with van der Waals surface area (Å²) in [5.74, 6) is -0.140. The van der Waals surface area contributed by atoms with E-state index in [1.54, 1.807) is 4.68 Å². The van der Waals surface area contributed by atoms with Gasteiger partial charge in [-0.05, 0) is 66.6 Å². The summed E-state index contributed by atoms with van der Waals surface area (Å²) in [7, 11) is 0. The van der Waals surface area contributed by atoms with Crippen molar-refractivity contribution in [3.8, 4) is 5.69 Å². The van der Waals surface area contributed by atoms with Crippen molar-refractivity contribution in [2.75, 3.05) is 5.32 Å². The van der Waals surface area contributed by atoms with Gasteiger partial charge >= 0.3 is 0 Å². The Balaban J connectivity index is 1.49. The average Bonchev–Trinajstić information content (AvgIpc) is 3.30. The number of hydrogen-bond donors (Lipinski definition) is 1. The molecule has 9 heteroatoms. The maximum Gasteiger partial charge on any atom is 0.239 e. The van der Waals surface area contributed by atoms with E-state index in [-0.39, 0.29) is 11.2 Å². The summed E-state index contributed by atoms with van der Waals surface area (Å²) >= 11 is 2.76. The summed E-state index contributed by atoms with van der Waals surface area (Å²) in [5, 5.41) is 15.6. The molecule has 2 heterocycles. The third kappa shape index (κ3) is 3.76. The number of carbonyl (C=O) groups excluding carboxylic acids is 1. The number of anilines is 1. The molecule has 7 nitrogen and oxygen atoms in total. The molecule has 0 saturated heterocycles. The molecule has 0 aliphatic heterocycles. The van der Waals surface area contributed by atoms with Crippen LogP contribution < -0.4 is 5.32 Å². The maximum absolute atomic E-state index is 12.6. The lowest BCUT2D eigenvalue weighted by Gasteiger charge is -2.11. The number of thioether (sulfide) groups is 1. The van der Waals surface area contributed by atoms with Crippen LogP contribution in [-0.2, 0) is 4.79 Å². The second-order valence-corrected chi connectivity index (χ2v) is 8.72. The molecule has 1 amide bonds. The largest absolute Gasteiger partial charge is 0.301 e. The number of aryl methyl sites for hydroxylation is 2. The minimum atomic E-state index is -0.386. The van der Waals surface area contributed by atoms with Gasteiger partial charge in [-0.25, -0.2) is 4.98 Å². The van der Waals surface area contributed by atoms with Crippen LogP contribution in [0.1, 0.15) is 18.1 Å². The van der Waals surface area contributed by atoms with E-state index in [2.05, 4.69) is 32.7 Å². The Labute approximate surface area is 170 Å². The van der Waals surface area contributed by atoms with Crippen molar-refractivity contribution >= 4 is 44.4 Å². The minimum Gasteiger partial charge on any atom is -0.301 e. The molecule has 1 atom stereocenters. The van der Waals surface area contributed by atoms with Crippen LogP contribution in [0.5, 0.6) is 0 Å². The number of thiazole rings is 1. The summed E-state index contributed by atoms with van der Waals surface area (Å²) in [5.41, 5.74) is 4.11. The predicted octanol–water partition coefficient (Wildman–Crippen LogP) is 4.01. The first-order chi connectivity index (χ1) is 13.5. The number of tetrazole rings is 1. The molecular formula is C19H18N6OS2. The highest BCUT2D eigenvalue weighted by Crippen LogP contribution is 2.28. The molecule has 1 N–H and O–H groups in total. The average molecular weight is 411 g/mol. The zero-order valence-electron chi connectivity index (χ0n) is 15.6. The van der Waals surface area contributed by atoms with E-state index in [0.717, 1.165) is 21.5 Å². The van der Waals surface area contributed by atoms with Gasteiger partial charge in [-0.1, -0.05) is 41.3 Å². The van der Waals surface area contributed by atoms with Crippen molar-refractivity contribution in [1.82, 2.24) is 25.2 Å². The zero-order valence-corrected chi connectivity index (χ0v) is 17.2. The number of nitrogens with zero attached hydrogens (tertiary/aromatic N) is 5. The number of benzene rings is 2. The van der Waals surface area contributed by atoms with E-state index in [4.69, 9.17) is 0 Å². The van der Waals surface area contributed by atoms with Gasteiger partial charge in [0.1, 0.15) is 0 Å². The Hall–Kier alpha value is -2.78. The number of para-hydroxylation sites is 1. The number of carbonyl (C=O) groups is 1. The molecule has 0 aliphatic rings. The fourth-order valence-electron chi connectivity index (χ4n) is 2.62. The molecule has 28 heavy (non-hydrogen) atoms. The Morgan fingerprint density at radius 1 is 1.18 bits per heavy atom. The third-order valence-corrected chi connectivity index (χ3v) is 6.34. The van der Waals surface area contributed by atoms with Crippen LogP contribution >= 0.6 is 23.1 Å². The highest BCUT2D eigenvalue weighted by atomic mass is 32.2. The smallest absolute Gasteiger partial charge is 0.239 e. The van der Waals surface area contributed by atoms with Gasteiger partial charge in [0.25, 0.3) is 0 Å². The Morgan fingerprint density at radius 3 is 2.79 bits per heavy atom. The SMILES string of the molecule is Cc1ccc(-n2nnnc2SC(C)C(=O)Nc2nc3ccccc3s2)cc1C. The van der Waals surface area contributed by atoms with Gasteiger partial charge in [-0.15, -0.1) is 5.10 Å². The fraction of sp³-hybridized carbons (Fsp3) is 0.211. The van der Waals surface area contributed by atoms with Gasteiger partial charge in [0.2, 0.25) is 11.1 Å². The van der Waals surface area contributed by atoms with Crippen LogP contribution in [-0.4, -0.2) is 36.3 Å². The molecule has 0 radical (unpaired) electrons. The molecule has 2 aromatic heterocycles. The summed E-state index contributed by atoms with van der Waals surface area (Å²) in [6.45, 7) is 5.93. The van der Waals surface area contributed by atoms with Crippen LogP contribution in [0.4, 0.5) is 5.13 Å². The summed E-state index contributed by atoms with van der Waals surface area (Å²) in [4.78, 5) is 17.1. The molecule has 142 valence electrons. The van der Waals surface area contributed by atoms with Gasteiger partial charge in [-0.3, -0.25) is 4.79 Å². The van der Waals surface area contributed by atoms with E-state index in [0.29, 0.717) is 10.3 Å². The Bertz CT molecular complexity index is 1120. The molecule has 1 unspecified atom stereocenters. The number of aromatic nitrogens is 5. The van der Waals surface area contributed by atoms with Crippen LogP contribution in [0.25, 0.3) is 15.9 Å². The van der Waals surface area contributed by atoms with Crippen molar-refractivity contribution in [3.05, 3.63) is 53.6 Å². The topological polar surface area (TPSA) is 85.6 Å². The van der Waals surface area contributed by atoms with Gasteiger partial charge in [-0.2, -0.15) is 4.68 Å². The number of amides is 1. The fourth-order valence-corrected chi connectivity index (χ4v) is 4.29. The van der Waals surface area contributed by atoms with Gasteiger partial charge in [0, 0.05) is 0 Å². The van der Waals surface area contributed by atoms with Crippen molar-refractivity contribution in [3.63, 3.8) is 0 Å². The molecule has 4 rings (SSSR count). The molecule has 0 saturated carbocycles. The predicted molar refractivity (Wildman–Crippen MR) is 112 cm³/mol. The summed E-state index contributed by atoms with van der Waals surface area (Å²) in [6.07, 6.45) is 0. The first-order valence-corrected chi connectivity index (χ1v) is 10.4. The lowest BCUT2D eigenvalue weighted by atomic mass is 10.1. The quantitative estimate of drug-likeness (QED) is 0.501. The molecule has 2 aromatic carbocycles. The summed E-state index contributed by atoms with van der Waals surface area (Å²) in [6, 6.07) is 13.8. The van der Waals surface area contributed by atoms with Gasteiger partial charge < -0.3 is 5.32 Å². The second kappa shape index (κ2) is 7.69. The maximum atomic E-state index is 12.6. The molecule has 4 aromatic rings. The third-order valence-electron chi connectivity index (χ3n) is 4.35. The molecule has 0 bridgehead atoms. The molecule has 0 fully saturated rings. The van der Waals surface area contributed by atoms with Crippen LogP contribution in [0, 0.1) is 13.8 Å². The molecule has 0 spiro atoms. The van der Waals surface area contributed by atoms with Gasteiger partial charge in [0.15, 0.2) is 5.13 Å². The van der Waals surface area contributed by atoms with Crippen LogP contribution in [0.15, 0.2) is 47.6 Å². The highest BCUT2D eigenvalue weighted by molar-refractivity contribution is 8.00. The van der Waals surface area contributed by atoms with Crippen molar-refractivity contribution in [2.24, 2.45) is 0 Å². The number of rotatable bonds is 5. The standard InChI is InChI=1S/C19H18N6OS2/c1-11-8-9-14(10-12(11)2)25-19(22-23-24-25)27-13(3)17(26)21-18-20-15-6-4-5-7-16(15)28-18/h4-10,13H,1-3H3,(H,20,21,26). The van der Waals surface area contributed by atoms with E-state index < -0.39 is 0 Å². The number of nitrogens with one attached hydrogen (secondary N) is 1. The zero-order chi connectivity index (χ0) is 19.7. The van der Waals surface area contributed by atoms with E-state index in [9.17, 15) is 4.79 Å². The van der Waals surface area contributed by atoms with E-state index in [1.165, 1.54) is 28.7 Å². The minimum absolute atomic E-state index is 0.140. The van der Waals surface area contributed by atoms with Crippen molar-refractivity contribution < 1.29 is 4.79 Å². The molecule has 0 aliphatic carbocycles. The monoisotopic (exact) mass is 410 g/mol. The lowest BCUT2D eigenvalue weighted by molar-refractivity contribution is -0.115. The lowest BCUT2D eigenvalue weighted by Crippen LogP contribution is -2.22. The Kier molecular flexibility index (Phi) is 5.10. The van der Waals surface area contributed by atoms with E-state index >= 15 is 0 Å². The van der Waals surface area contributed by atoms with Crippen LogP contribution in [0.2, 0.25) is 0 Å². The Morgan fingerprint density at radius 2 is 2.00 bits per heavy atom. The van der Waals surface area contributed by atoms with E-state index in [1.807, 2.05) is 56.3 Å². The number of hydrogen-bond acceptors (Lipinski definition) is 7. The first-order valence-electron chi connectivity index (χ1n) is 8.70. The van der Waals surface area contributed by atoms with Crippen molar-refractivity contribution in [1.29, 1.82) is 0 Å². The normalized spacial score (nSPS) is 12.2. The van der Waals surface area contributed by atoms with Crippen molar-refractivity contribution in [2.45, 2.75) is 31.2 Å². The van der Waals surface area contributed by atoms with Crippen LogP contribution in [0.3, 0.4) is 0 Å². The second-order valence-electron chi connectivity index (χ2n) is 6.38.